The van der Waals surface area contributed by atoms with Crippen molar-refractivity contribution < 1.29 is 0 Å². The lowest BCUT2D eigenvalue weighted by atomic mass is 9.95. The number of rotatable bonds is 3. The topological polar surface area (TPSA) is 0 Å². The summed E-state index contributed by atoms with van der Waals surface area (Å²) in [5, 5.41) is 1.11. The molecule has 0 aliphatic heterocycles. The van der Waals surface area contributed by atoms with Crippen molar-refractivity contribution in [1.29, 1.82) is 0 Å². The molecule has 1 aromatic carbocycles. The number of hydrogen-bond acceptors (Lipinski definition) is 0. The smallest absolute Gasteiger partial charge is 0.0103 e. The molecular weight excluding hydrogens is 224 g/mol. The van der Waals surface area contributed by atoms with E-state index < -0.39 is 0 Å². The van der Waals surface area contributed by atoms with Crippen molar-refractivity contribution in [3.05, 3.63) is 35.4 Å². The molecule has 13 heavy (non-hydrogen) atoms. The fourth-order valence-corrected chi connectivity index (χ4v) is 2.79. The second kappa shape index (κ2) is 3.83. The number of aryl methyl sites for hydroxylation is 1. The van der Waals surface area contributed by atoms with Crippen molar-refractivity contribution in [2.24, 2.45) is 5.92 Å². The zero-order chi connectivity index (χ0) is 9.26. The van der Waals surface area contributed by atoms with E-state index in [0.717, 1.165) is 17.2 Å². The van der Waals surface area contributed by atoms with Crippen LogP contribution in [0.15, 0.2) is 24.3 Å². The van der Waals surface area contributed by atoms with E-state index in [1.54, 1.807) is 0 Å². The molecule has 1 fully saturated rings. The van der Waals surface area contributed by atoms with Crippen LogP contribution in [0.4, 0.5) is 0 Å². The summed E-state index contributed by atoms with van der Waals surface area (Å²) in [5.74, 6) is 1.70. The summed E-state index contributed by atoms with van der Waals surface area (Å²) in [5.41, 5.74) is 2.89. The maximum atomic E-state index is 3.62. The molecule has 1 heteroatoms. The van der Waals surface area contributed by atoms with Crippen LogP contribution in [0.25, 0.3) is 0 Å². The van der Waals surface area contributed by atoms with Gasteiger partial charge in [-0.25, -0.2) is 0 Å². The third kappa shape index (κ3) is 2.14. The average Bonchev–Trinajstić information content (AvgIpc) is 2.90. The van der Waals surface area contributed by atoms with Gasteiger partial charge in [0, 0.05) is 5.33 Å². The van der Waals surface area contributed by atoms with E-state index in [1.807, 2.05) is 0 Å². The lowest BCUT2D eigenvalue weighted by Gasteiger charge is -2.13. The first-order valence-corrected chi connectivity index (χ1v) is 6.06. The lowest BCUT2D eigenvalue weighted by Crippen LogP contribution is -2.02. The van der Waals surface area contributed by atoms with Gasteiger partial charge in [-0.1, -0.05) is 45.8 Å². The molecule has 1 aliphatic carbocycles. The Bertz CT molecular complexity index is 289. The molecule has 0 aromatic heterocycles. The monoisotopic (exact) mass is 238 g/mol. The van der Waals surface area contributed by atoms with E-state index in [4.69, 9.17) is 0 Å². The van der Waals surface area contributed by atoms with E-state index in [1.165, 1.54) is 24.0 Å². The van der Waals surface area contributed by atoms with Crippen LogP contribution in [0.2, 0.25) is 0 Å². The quantitative estimate of drug-likeness (QED) is 0.702. The van der Waals surface area contributed by atoms with Gasteiger partial charge in [0.15, 0.2) is 0 Å². The molecule has 0 N–H and O–H groups in total. The third-order valence-corrected chi connectivity index (χ3v) is 3.53. The van der Waals surface area contributed by atoms with Crippen LogP contribution in [0, 0.1) is 12.8 Å². The Kier molecular flexibility index (Phi) is 2.73. The van der Waals surface area contributed by atoms with Gasteiger partial charge >= 0.3 is 0 Å². The number of alkyl halides is 1. The van der Waals surface area contributed by atoms with Crippen LogP contribution in [-0.4, -0.2) is 5.33 Å². The highest BCUT2D eigenvalue weighted by atomic mass is 79.9. The van der Waals surface area contributed by atoms with Crippen LogP contribution in [0.3, 0.4) is 0 Å². The van der Waals surface area contributed by atoms with Gasteiger partial charge in [0.2, 0.25) is 0 Å². The van der Waals surface area contributed by atoms with Crippen LogP contribution < -0.4 is 0 Å². The van der Waals surface area contributed by atoms with E-state index in [9.17, 15) is 0 Å². The van der Waals surface area contributed by atoms with Gasteiger partial charge in [0.05, 0.1) is 0 Å². The fourth-order valence-electron chi connectivity index (χ4n) is 1.89. The van der Waals surface area contributed by atoms with E-state index in [2.05, 4.69) is 47.1 Å². The summed E-state index contributed by atoms with van der Waals surface area (Å²) < 4.78 is 0. The van der Waals surface area contributed by atoms with E-state index in [-0.39, 0.29) is 0 Å². The van der Waals surface area contributed by atoms with E-state index in [0.29, 0.717) is 0 Å². The minimum atomic E-state index is 0.750. The summed E-state index contributed by atoms with van der Waals surface area (Å²) in [6.07, 6.45) is 2.84. The van der Waals surface area contributed by atoms with Crippen LogP contribution >= 0.6 is 15.9 Å². The molecule has 0 heterocycles. The second-order valence-electron chi connectivity index (χ2n) is 4.01. The predicted octanol–water partition coefficient (Wildman–Crippen LogP) is 3.88. The van der Waals surface area contributed by atoms with E-state index >= 15 is 0 Å². The minimum Gasteiger partial charge on any atom is -0.0921 e. The Labute approximate surface area is 88.5 Å². The van der Waals surface area contributed by atoms with Crippen LogP contribution in [0.1, 0.15) is 29.9 Å². The van der Waals surface area contributed by atoms with Crippen molar-refractivity contribution in [3.63, 3.8) is 0 Å². The third-order valence-electron chi connectivity index (χ3n) is 2.83. The average molecular weight is 239 g/mol. The highest BCUT2D eigenvalue weighted by Gasteiger charge is 2.31. The van der Waals surface area contributed by atoms with Crippen molar-refractivity contribution in [2.75, 3.05) is 5.33 Å². The summed E-state index contributed by atoms with van der Waals surface area (Å²) in [4.78, 5) is 0. The zero-order valence-electron chi connectivity index (χ0n) is 7.96. The van der Waals surface area contributed by atoms with Crippen LogP contribution in [-0.2, 0) is 0 Å². The molecule has 0 saturated heterocycles. The summed E-state index contributed by atoms with van der Waals surface area (Å²) in [7, 11) is 0. The maximum Gasteiger partial charge on any atom is 0.0103 e. The molecule has 0 spiro atoms. The first kappa shape index (κ1) is 9.26. The number of benzene rings is 1. The van der Waals surface area contributed by atoms with Gasteiger partial charge in [-0.05, 0) is 37.2 Å². The largest absolute Gasteiger partial charge is 0.0921 e. The lowest BCUT2D eigenvalue weighted by molar-refractivity contribution is 0.677. The predicted molar refractivity (Wildman–Crippen MR) is 60.4 cm³/mol. The SMILES string of the molecule is Cc1cccc(C(CBr)C2CC2)c1. The molecule has 1 aliphatic rings. The molecule has 0 nitrogen and oxygen atoms in total. The first-order valence-electron chi connectivity index (χ1n) is 4.94. The van der Waals surface area contributed by atoms with Gasteiger partial charge < -0.3 is 0 Å². The molecule has 1 atom stereocenters. The van der Waals surface area contributed by atoms with Gasteiger partial charge in [0.25, 0.3) is 0 Å². The Balaban J connectivity index is 2.21. The highest BCUT2D eigenvalue weighted by Crippen LogP contribution is 2.43. The standard InChI is InChI=1S/C12H15Br/c1-9-3-2-4-11(7-9)12(8-13)10-5-6-10/h2-4,7,10,12H,5-6,8H2,1H3. The Morgan fingerprint density at radius 2 is 2.23 bits per heavy atom. The van der Waals surface area contributed by atoms with Gasteiger partial charge in [-0.3, -0.25) is 0 Å². The Morgan fingerprint density at radius 1 is 1.46 bits per heavy atom. The molecule has 0 radical (unpaired) electrons. The highest BCUT2D eigenvalue weighted by molar-refractivity contribution is 9.09. The second-order valence-corrected chi connectivity index (χ2v) is 4.66. The summed E-state index contributed by atoms with van der Waals surface area (Å²) >= 11 is 3.62. The normalized spacial score (nSPS) is 18.6. The molecule has 1 unspecified atom stereocenters. The Hall–Kier alpha value is -0.300. The zero-order valence-corrected chi connectivity index (χ0v) is 9.55. The van der Waals surface area contributed by atoms with Crippen molar-refractivity contribution >= 4 is 15.9 Å². The summed E-state index contributed by atoms with van der Waals surface area (Å²) in [6.45, 7) is 2.17. The van der Waals surface area contributed by atoms with Gasteiger partial charge in [0.1, 0.15) is 0 Å². The van der Waals surface area contributed by atoms with Crippen molar-refractivity contribution in [1.82, 2.24) is 0 Å². The number of hydrogen-bond donors (Lipinski definition) is 0. The van der Waals surface area contributed by atoms with Crippen molar-refractivity contribution in [2.45, 2.75) is 25.7 Å². The molecule has 0 amide bonds. The molecule has 1 aromatic rings. The molecule has 1 saturated carbocycles. The minimum absolute atomic E-state index is 0.750. The molecule has 2 rings (SSSR count). The fraction of sp³-hybridized carbons (Fsp3) is 0.500. The summed E-state index contributed by atoms with van der Waals surface area (Å²) in [6, 6.07) is 8.92. The molecular formula is C12H15Br. The first-order chi connectivity index (χ1) is 6.31. The molecule has 70 valence electrons. The Morgan fingerprint density at radius 3 is 2.77 bits per heavy atom. The van der Waals surface area contributed by atoms with Crippen molar-refractivity contribution in [3.8, 4) is 0 Å². The maximum absolute atomic E-state index is 3.62. The van der Waals surface area contributed by atoms with Gasteiger partial charge in [-0.2, -0.15) is 0 Å². The molecule has 0 bridgehead atoms. The number of halogens is 1. The van der Waals surface area contributed by atoms with Crippen LogP contribution in [0.5, 0.6) is 0 Å². The van der Waals surface area contributed by atoms with Gasteiger partial charge in [-0.15, -0.1) is 0 Å².